The normalized spacial score (nSPS) is 13.3. The van der Waals surface area contributed by atoms with E-state index in [1.807, 2.05) is 38.4 Å². The molecule has 2 rings (SSSR count). The summed E-state index contributed by atoms with van der Waals surface area (Å²) in [6.45, 7) is 2.12. The summed E-state index contributed by atoms with van der Waals surface area (Å²) in [5.41, 5.74) is 1.19. The highest BCUT2D eigenvalue weighted by molar-refractivity contribution is 6.04. The molecule has 0 spiro atoms. The number of hydrogen-bond acceptors (Lipinski definition) is 4. The minimum absolute atomic E-state index is 0.106. The van der Waals surface area contributed by atoms with Gasteiger partial charge in [-0.2, -0.15) is 0 Å². The molecule has 0 amide bonds. The first kappa shape index (κ1) is 20.0. The lowest BCUT2D eigenvalue weighted by molar-refractivity contribution is 0.0650. The van der Waals surface area contributed by atoms with E-state index in [-0.39, 0.29) is 5.78 Å². The van der Waals surface area contributed by atoms with E-state index in [2.05, 4.69) is 24.0 Å². The van der Waals surface area contributed by atoms with Gasteiger partial charge in [-0.1, -0.05) is 43.7 Å². The molecule has 0 aliphatic heterocycles. The number of ether oxygens (including phenoxy) is 2. The molecule has 2 aromatic rings. The first-order chi connectivity index (χ1) is 12.5. The Morgan fingerprint density at radius 3 is 2.19 bits per heavy atom. The first-order valence-corrected chi connectivity index (χ1v) is 8.96. The van der Waals surface area contributed by atoms with Crippen molar-refractivity contribution in [2.75, 3.05) is 28.3 Å². The molecule has 0 aromatic heterocycles. The molecule has 2 aromatic carbocycles. The van der Waals surface area contributed by atoms with Gasteiger partial charge in [-0.3, -0.25) is 9.69 Å². The predicted octanol–water partition coefficient (Wildman–Crippen LogP) is 4.23. The molecule has 0 N–H and O–H groups in total. The number of hydrogen-bond donors (Lipinski definition) is 0. The zero-order valence-corrected chi connectivity index (χ0v) is 16.4. The van der Waals surface area contributed by atoms with Crippen LogP contribution in [0.3, 0.4) is 0 Å². The molecule has 1 atom stereocenters. The van der Waals surface area contributed by atoms with E-state index < -0.39 is 5.54 Å². The minimum atomic E-state index is -0.601. The van der Waals surface area contributed by atoms with Crippen molar-refractivity contribution in [2.24, 2.45) is 0 Å². The van der Waals surface area contributed by atoms with Gasteiger partial charge in [-0.05, 0) is 50.7 Å². The van der Waals surface area contributed by atoms with Crippen molar-refractivity contribution in [3.63, 3.8) is 0 Å². The van der Waals surface area contributed by atoms with Crippen LogP contribution in [0.4, 0.5) is 0 Å². The van der Waals surface area contributed by atoms with Gasteiger partial charge in [-0.15, -0.1) is 0 Å². The van der Waals surface area contributed by atoms with Crippen molar-refractivity contribution in [1.29, 1.82) is 0 Å². The summed E-state index contributed by atoms with van der Waals surface area (Å²) in [4.78, 5) is 15.7. The second-order valence-electron chi connectivity index (χ2n) is 6.74. The number of likely N-dealkylation sites (N-methyl/N-ethyl adjacent to an activating group) is 1. The molecular formula is C22H29NO3. The number of rotatable bonds is 9. The van der Waals surface area contributed by atoms with Crippen LogP contribution in [0.5, 0.6) is 11.5 Å². The van der Waals surface area contributed by atoms with Crippen LogP contribution in [0.25, 0.3) is 0 Å². The Balaban J connectivity index is 2.48. The van der Waals surface area contributed by atoms with E-state index in [1.54, 1.807) is 26.4 Å². The highest BCUT2D eigenvalue weighted by atomic mass is 16.5. The van der Waals surface area contributed by atoms with Gasteiger partial charge in [0, 0.05) is 5.56 Å². The maximum absolute atomic E-state index is 13.6. The van der Waals surface area contributed by atoms with Crippen LogP contribution >= 0.6 is 0 Å². The Kier molecular flexibility index (Phi) is 6.81. The quantitative estimate of drug-likeness (QED) is 0.631. The average molecular weight is 355 g/mol. The molecule has 0 heterocycles. The zero-order valence-electron chi connectivity index (χ0n) is 16.4. The van der Waals surface area contributed by atoms with Crippen molar-refractivity contribution < 1.29 is 14.3 Å². The standard InChI is InChI=1S/C22H29NO3/c1-6-14-22(23(2)3,16-17-10-8-7-9-11-17)21(24)18-12-13-19(25-4)20(15-18)26-5/h7-13,15H,6,14,16H2,1-5H3. The molecule has 0 radical (unpaired) electrons. The number of methoxy groups -OCH3 is 2. The summed E-state index contributed by atoms with van der Waals surface area (Å²) in [6, 6.07) is 15.6. The van der Waals surface area contributed by atoms with Crippen molar-refractivity contribution in [1.82, 2.24) is 4.90 Å². The third-order valence-electron chi connectivity index (χ3n) is 4.93. The summed E-state index contributed by atoms with van der Waals surface area (Å²) in [6.07, 6.45) is 2.37. The second kappa shape index (κ2) is 8.86. The molecule has 4 nitrogen and oxygen atoms in total. The second-order valence-corrected chi connectivity index (χ2v) is 6.74. The Labute approximate surface area is 156 Å². The molecule has 26 heavy (non-hydrogen) atoms. The van der Waals surface area contributed by atoms with Gasteiger partial charge in [0.15, 0.2) is 17.3 Å². The first-order valence-electron chi connectivity index (χ1n) is 8.96. The largest absolute Gasteiger partial charge is 0.493 e. The summed E-state index contributed by atoms with van der Waals surface area (Å²) >= 11 is 0. The smallest absolute Gasteiger partial charge is 0.183 e. The molecule has 0 saturated heterocycles. The highest BCUT2D eigenvalue weighted by Gasteiger charge is 2.40. The summed E-state index contributed by atoms with van der Waals surface area (Å²) in [7, 11) is 7.14. The lowest BCUT2D eigenvalue weighted by Gasteiger charge is -2.39. The van der Waals surface area contributed by atoms with Crippen molar-refractivity contribution in [3.8, 4) is 11.5 Å². The summed E-state index contributed by atoms with van der Waals surface area (Å²) < 4.78 is 10.7. The molecule has 0 bridgehead atoms. The van der Waals surface area contributed by atoms with Crippen LogP contribution < -0.4 is 9.47 Å². The zero-order chi connectivity index (χ0) is 19.2. The monoisotopic (exact) mass is 355 g/mol. The van der Waals surface area contributed by atoms with E-state index in [0.717, 1.165) is 18.4 Å². The van der Waals surface area contributed by atoms with E-state index in [1.165, 1.54) is 0 Å². The van der Waals surface area contributed by atoms with Gasteiger partial charge >= 0.3 is 0 Å². The third-order valence-corrected chi connectivity index (χ3v) is 4.93. The van der Waals surface area contributed by atoms with E-state index in [9.17, 15) is 4.79 Å². The molecule has 1 unspecified atom stereocenters. The number of Topliss-reactive ketones (excluding diaryl/α,β-unsaturated/α-hetero) is 1. The molecule has 0 fully saturated rings. The number of carbonyl (C=O) groups is 1. The van der Waals surface area contributed by atoms with E-state index >= 15 is 0 Å². The number of ketones is 1. The van der Waals surface area contributed by atoms with Crippen LogP contribution in [0.15, 0.2) is 48.5 Å². The van der Waals surface area contributed by atoms with Crippen LogP contribution in [-0.2, 0) is 6.42 Å². The van der Waals surface area contributed by atoms with Crippen LogP contribution in [0, 0.1) is 0 Å². The van der Waals surface area contributed by atoms with Gasteiger partial charge in [0.25, 0.3) is 0 Å². The fourth-order valence-corrected chi connectivity index (χ4v) is 3.46. The number of benzene rings is 2. The van der Waals surface area contributed by atoms with E-state index in [4.69, 9.17) is 9.47 Å². The maximum Gasteiger partial charge on any atom is 0.183 e. The molecule has 0 saturated carbocycles. The Bertz CT molecular complexity index is 727. The van der Waals surface area contributed by atoms with Crippen LogP contribution in [-0.4, -0.2) is 44.5 Å². The maximum atomic E-state index is 13.6. The Morgan fingerprint density at radius 1 is 1.00 bits per heavy atom. The summed E-state index contributed by atoms with van der Waals surface area (Å²) in [5.74, 6) is 1.30. The molecular weight excluding hydrogens is 326 g/mol. The molecule has 0 aliphatic rings. The van der Waals surface area contributed by atoms with Crippen LogP contribution in [0.1, 0.15) is 35.7 Å². The van der Waals surface area contributed by atoms with Crippen molar-refractivity contribution in [2.45, 2.75) is 31.7 Å². The fourth-order valence-electron chi connectivity index (χ4n) is 3.46. The highest BCUT2D eigenvalue weighted by Crippen LogP contribution is 2.33. The van der Waals surface area contributed by atoms with Gasteiger partial charge in [0.05, 0.1) is 19.8 Å². The van der Waals surface area contributed by atoms with Gasteiger partial charge in [-0.25, -0.2) is 0 Å². The Hall–Kier alpha value is -2.33. The molecule has 140 valence electrons. The Morgan fingerprint density at radius 2 is 1.65 bits per heavy atom. The van der Waals surface area contributed by atoms with Crippen LogP contribution in [0.2, 0.25) is 0 Å². The third kappa shape index (κ3) is 4.07. The topological polar surface area (TPSA) is 38.8 Å². The fraction of sp³-hybridized carbons (Fsp3) is 0.409. The van der Waals surface area contributed by atoms with E-state index in [0.29, 0.717) is 23.5 Å². The van der Waals surface area contributed by atoms with Crippen molar-refractivity contribution in [3.05, 3.63) is 59.7 Å². The molecule has 0 aliphatic carbocycles. The minimum Gasteiger partial charge on any atom is -0.493 e. The van der Waals surface area contributed by atoms with Gasteiger partial charge in [0.2, 0.25) is 0 Å². The number of carbonyl (C=O) groups excluding carboxylic acids is 1. The molecule has 4 heteroatoms. The lowest BCUT2D eigenvalue weighted by atomic mass is 9.79. The van der Waals surface area contributed by atoms with Gasteiger partial charge < -0.3 is 9.47 Å². The number of nitrogens with zero attached hydrogens (tertiary/aromatic N) is 1. The van der Waals surface area contributed by atoms with Gasteiger partial charge in [0.1, 0.15) is 0 Å². The SMILES string of the molecule is CCCC(Cc1ccccc1)(C(=O)c1ccc(OC)c(OC)c1)N(C)C. The lowest BCUT2D eigenvalue weighted by Crippen LogP contribution is -2.53. The summed E-state index contributed by atoms with van der Waals surface area (Å²) in [5, 5.41) is 0. The average Bonchev–Trinajstić information content (AvgIpc) is 2.67. The predicted molar refractivity (Wildman–Crippen MR) is 105 cm³/mol. The van der Waals surface area contributed by atoms with Crippen molar-refractivity contribution >= 4 is 5.78 Å².